The van der Waals surface area contributed by atoms with Gasteiger partial charge in [-0.1, -0.05) is 0 Å². The van der Waals surface area contributed by atoms with E-state index in [-0.39, 0.29) is 67.1 Å². The molecule has 5 nitrogen and oxygen atoms in total. The summed E-state index contributed by atoms with van der Waals surface area (Å²) < 4.78 is 13.8. The maximum Gasteiger partial charge on any atom is 0.265 e. The van der Waals surface area contributed by atoms with Crippen LogP contribution < -0.4 is 4.89 Å². The molecule has 0 aromatic rings. The van der Waals surface area contributed by atoms with Gasteiger partial charge in [0.1, 0.15) is 6.54 Å². The Morgan fingerprint density at radius 2 is 1.40 bits per heavy atom. The maximum absolute atomic E-state index is 12.9. The lowest BCUT2D eigenvalue weighted by molar-refractivity contribution is -0.829. The van der Waals surface area contributed by atoms with Crippen LogP contribution in [0.2, 0.25) is 0 Å². The van der Waals surface area contributed by atoms with Crippen LogP contribution in [0, 0.1) is 0 Å². The van der Waals surface area contributed by atoms with Crippen molar-refractivity contribution in [2.75, 3.05) is 62.9 Å². The molecule has 0 bridgehead atoms. The van der Waals surface area contributed by atoms with Crippen molar-refractivity contribution in [2.24, 2.45) is 0 Å². The minimum Gasteiger partial charge on any atom is -0.741 e. The largest absolute Gasteiger partial charge is 0.741 e. The minimum absolute atomic E-state index is 0.0429. The van der Waals surface area contributed by atoms with Gasteiger partial charge in [-0.05, 0) is 0 Å². The third kappa shape index (κ3) is 5.45. The van der Waals surface area contributed by atoms with E-state index in [1.54, 1.807) is 0 Å². The van der Waals surface area contributed by atoms with Gasteiger partial charge in [-0.3, -0.25) is 8.82 Å². The molecule has 0 amide bonds. The van der Waals surface area contributed by atoms with E-state index in [1.807, 2.05) is 0 Å². The third-order valence-electron chi connectivity index (χ3n) is 3.10. The molecule has 1 atom stereocenters. The molecule has 122 valence electrons. The molecule has 0 saturated heterocycles. The summed E-state index contributed by atoms with van der Waals surface area (Å²) in [4.78, 5) is 12.9. The molecule has 0 fully saturated rings. The zero-order valence-electron chi connectivity index (χ0n) is 11.2. The van der Waals surface area contributed by atoms with E-state index in [9.17, 15) is 14.6 Å². The molecule has 1 unspecified atom stereocenters. The molecule has 0 aliphatic rings. The quantitative estimate of drug-likeness (QED) is 0.406. The van der Waals surface area contributed by atoms with Crippen LogP contribution in [0.5, 0.6) is 0 Å². The number of nitrogens with zero attached hydrogens (tertiary/aromatic N) is 2. The summed E-state index contributed by atoms with van der Waals surface area (Å²) in [6.07, 6.45) is 0. The van der Waals surface area contributed by atoms with Crippen molar-refractivity contribution < 1.29 is 18.8 Å². The average molecular weight is 390 g/mol. The number of alkyl halides is 4. The molecular formula is C10H21Cl4N2O3P. The number of hydrogen-bond donors (Lipinski definition) is 1. The van der Waals surface area contributed by atoms with Gasteiger partial charge in [0.25, 0.3) is 7.67 Å². The molecule has 20 heavy (non-hydrogen) atoms. The first kappa shape index (κ1) is 21.2. The zero-order valence-corrected chi connectivity index (χ0v) is 15.1. The van der Waals surface area contributed by atoms with Gasteiger partial charge in [0, 0.05) is 24.8 Å². The van der Waals surface area contributed by atoms with Crippen LogP contribution in [0.25, 0.3) is 0 Å². The van der Waals surface area contributed by atoms with Crippen LogP contribution in [0.15, 0.2) is 0 Å². The highest BCUT2D eigenvalue weighted by Crippen LogP contribution is 2.51. The Labute approximate surface area is 140 Å². The Balaban J connectivity index is 5.49. The van der Waals surface area contributed by atoms with E-state index in [2.05, 4.69) is 0 Å². The van der Waals surface area contributed by atoms with Gasteiger partial charge in [-0.2, -0.15) is 0 Å². The Morgan fingerprint density at radius 3 is 1.70 bits per heavy atom. The summed E-state index contributed by atoms with van der Waals surface area (Å²) in [5.74, 6) is 0.644. The molecule has 0 rings (SSSR count). The summed E-state index contributed by atoms with van der Waals surface area (Å²) in [5.41, 5.74) is 0. The lowest BCUT2D eigenvalue weighted by Gasteiger charge is -2.50. The van der Waals surface area contributed by atoms with Crippen LogP contribution in [-0.4, -0.2) is 76.9 Å². The summed E-state index contributed by atoms with van der Waals surface area (Å²) >= 11 is 22.8. The molecule has 0 aliphatic carbocycles. The van der Waals surface area contributed by atoms with Gasteiger partial charge in [-0.15, -0.1) is 46.4 Å². The number of hydrogen-bond acceptors (Lipinski definition) is 3. The number of aliphatic hydroxyl groups is 1. The molecule has 0 heterocycles. The molecule has 0 radical (unpaired) electrons. The Bertz CT molecular complexity index is 289. The van der Waals surface area contributed by atoms with Crippen LogP contribution in [0.1, 0.15) is 0 Å². The van der Waals surface area contributed by atoms with Crippen LogP contribution >= 0.6 is 54.1 Å². The van der Waals surface area contributed by atoms with E-state index in [0.717, 1.165) is 0 Å². The summed E-state index contributed by atoms with van der Waals surface area (Å²) in [5, 5.41) is 9.23. The lowest BCUT2D eigenvalue weighted by atomic mass is 10.5. The first-order chi connectivity index (χ1) is 9.45. The van der Waals surface area contributed by atoms with Crippen molar-refractivity contribution in [3.63, 3.8) is 0 Å². The van der Waals surface area contributed by atoms with Crippen molar-refractivity contribution in [1.29, 1.82) is 0 Å². The standard InChI is InChI=1S/C10H21Cl4N2O3P/c11-1-5-15(6-2-12)20(18,19)16(7-3-13,8-4-14)9-10-17/h17H,1-10H2. The lowest BCUT2D eigenvalue weighted by Crippen LogP contribution is -2.56. The molecule has 10 heteroatoms. The average Bonchev–Trinajstić information content (AvgIpc) is 2.39. The first-order valence-electron chi connectivity index (χ1n) is 6.23. The van der Waals surface area contributed by atoms with Gasteiger partial charge in [-0.25, -0.2) is 4.67 Å². The summed E-state index contributed by atoms with van der Waals surface area (Å²) in [6.45, 7) is 0.473. The van der Waals surface area contributed by atoms with Crippen LogP contribution in [0.4, 0.5) is 0 Å². The number of quaternary nitrogens is 1. The summed E-state index contributed by atoms with van der Waals surface area (Å²) in [7, 11) is -4.10. The third-order valence-corrected chi connectivity index (χ3v) is 6.56. The maximum atomic E-state index is 12.9. The van der Waals surface area contributed by atoms with Crippen molar-refractivity contribution in [1.82, 2.24) is 4.67 Å². The Morgan fingerprint density at radius 1 is 0.950 bits per heavy atom. The molecule has 0 spiro atoms. The van der Waals surface area contributed by atoms with Gasteiger partial charge >= 0.3 is 0 Å². The van der Waals surface area contributed by atoms with Gasteiger partial charge in [0.15, 0.2) is 0 Å². The predicted molar refractivity (Wildman–Crippen MR) is 84.0 cm³/mol. The first-order valence-corrected chi connectivity index (χ1v) is 9.90. The predicted octanol–water partition coefficient (Wildman–Crippen LogP) is 1.52. The van der Waals surface area contributed by atoms with Gasteiger partial charge in [0.05, 0.1) is 31.5 Å². The molecule has 0 aromatic heterocycles. The van der Waals surface area contributed by atoms with E-state index >= 15 is 0 Å². The van der Waals surface area contributed by atoms with Crippen molar-refractivity contribution in [2.45, 2.75) is 0 Å². The highest BCUT2D eigenvalue weighted by atomic mass is 35.5. The monoisotopic (exact) mass is 388 g/mol. The van der Waals surface area contributed by atoms with E-state index in [4.69, 9.17) is 46.4 Å². The van der Waals surface area contributed by atoms with Gasteiger partial charge in [0.2, 0.25) is 0 Å². The molecule has 1 N–H and O–H groups in total. The fourth-order valence-corrected chi connectivity index (χ4v) is 5.86. The van der Waals surface area contributed by atoms with Crippen LogP contribution in [-0.2, 0) is 4.57 Å². The van der Waals surface area contributed by atoms with Crippen molar-refractivity contribution in [3.8, 4) is 0 Å². The number of aliphatic hydroxyl groups excluding tert-OH is 1. The molecule has 0 aromatic carbocycles. The normalized spacial score (nSPS) is 15.6. The highest BCUT2D eigenvalue weighted by molar-refractivity contribution is 7.47. The van der Waals surface area contributed by atoms with Crippen molar-refractivity contribution >= 4 is 54.1 Å². The van der Waals surface area contributed by atoms with E-state index < -0.39 is 7.67 Å². The topological polar surface area (TPSA) is 63.6 Å². The fourth-order valence-electron chi connectivity index (χ4n) is 2.04. The second-order valence-electron chi connectivity index (χ2n) is 4.19. The Kier molecular flexibility index (Phi) is 11.5. The molecule has 0 aliphatic heterocycles. The van der Waals surface area contributed by atoms with E-state index in [0.29, 0.717) is 0 Å². The molecular weight excluding hydrogens is 369 g/mol. The van der Waals surface area contributed by atoms with Crippen LogP contribution in [0.3, 0.4) is 0 Å². The van der Waals surface area contributed by atoms with E-state index in [1.165, 1.54) is 4.67 Å². The second kappa shape index (κ2) is 10.9. The number of halogens is 4. The minimum atomic E-state index is -4.10. The Hall–Kier alpha value is 1.23. The summed E-state index contributed by atoms with van der Waals surface area (Å²) in [6, 6.07) is 0. The van der Waals surface area contributed by atoms with Gasteiger partial charge < -0.3 is 10.00 Å². The number of rotatable bonds is 12. The smallest absolute Gasteiger partial charge is 0.265 e. The van der Waals surface area contributed by atoms with Crippen molar-refractivity contribution in [3.05, 3.63) is 0 Å². The molecule has 0 saturated carbocycles. The zero-order chi connectivity index (χ0) is 15.6. The second-order valence-corrected chi connectivity index (χ2v) is 8.10. The highest BCUT2D eigenvalue weighted by Gasteiger charge is 2.41. The fraction of sp³-hybridized carbons (Fsp3) is 1.00. The SMILES string of the molecule is O=P([O-])(N(CCCl)CCCl)[N+](CCO)(CCCl)CCCl.